The lowest BCUT2D eigenvalue weighted by molar-refractivity contribution is -0.178. The van der Waals surface area contributed by atoms with Gasteiger partial charge in [0, 0.05) is 13.7 Å². The Balaban J connectivity index is 1.48. The molecule has 4 rings (SSSR count). The van der Waals surface area contributed by atoms with E-state index in [-0.39, 0.29) is 5.60 Å². The minimum atomic E-state index is -0.378. The van der Waals surface area contributed by atoms with Crippen molar-refractivity contribution in [2.75, 3.05) is 13.7 Å². The van der Waals surface area contributed by atoms with E-state index in [1.165, 1.54) is 38.5 Å². The Bertz CT molecular complexity index is 431. The third-order valence-electron chi connectivity index (χ3n) is 8.51. The van der Waals surface area contributed by atoms with Crippen molar-refractivity contribution >= 4 is 0 Å². The highest BCUT2D eigenvalue weighted by atomic mass is 16.5. The number of rotatable bonds is 2. The number of hydrogen-bond donors (Lipinski definition) is 1. The van der Waals surface area contributed by atoms with Crippen molar-refractivity contribution in [3.8, 4) is 0 Å². The van der Waals surface area contributed by atoms with Crippen LogP contribution in [-0.4, -0.2) is 24.4 Å². The van der Waals surface area contributed by atoms with Crippen LogP contribution in [0.5, 0.6) is 0 Å². The highest BCUT2D eigenvalue weighted by molar-refractivity contribution is 5.09. The summed E-state index contributed by atoms with van der Waals surface area (Å²) < 4.78 is 5.48. The highest BCUT2D eigenvalue weighted by Crippen LogP contribution is 2.67. The van der Waals surface area contributed by atoms with E-state index in [4.69, 9.17) is 4.74 Å². The molecule has 8 atom stereocenters. The summed E-state index contributed by atoms with van der Waals surface area (Å²) in [6, 6.07) is 0. The molecule has 2 nitrogen and oxygen atoms in total. The number of methoxy groups -OCH3 is 1. The van der Waals surface area contributed by atoms with Crippen molar-refractivity contribution in [1.29, 1.82) is 0 Å². The van der Waals surface area contributed by atoms with Crippen LogP contribution in [0.1, 0.15) is 65.2 Å². The summed E-state index contributed by atoms with van der Waals surface area (Å²) in [7, 11) is 1.86. The summed E-state index contributed by atoms with van der Waals surface area (Å²) in [5.74, 6) is 5.46. The van der Waals surface area contributed by atoms with Crippen LogP contribution in [-0.2, 0) is 4.74 Å². The molecule has 4 saturated carbocycles. The van der Waals surface area contributed by atoms with Crippen LogP contribution in [0.25, 0.3) is 0 Å². The third kappa shape index (κ3) is 2.20. The summed E-state index contributed by atoms with van der Waals surface area (Å²) in [6.45, 7) is 5.59. The van der Waals surface area contributed by atoms with Crippen LogP contribution in [0.3, 0.4) is 0 Å². The van der Waals surface area contributed by atoms with Gasteiger partial charge in [-0.2, -0.15) is 0 Å². The second kappa shape index (κ2) is 5.21. The van der Waals surface area contributed by atoms with Gasteiger partial charge in [-0.1, -0.05) is 6.92 Å². The fraction of sp³-hybridized carbons (Fsp3) is 1.00. The standard InChI is InChI=1S/C20H34O2/c1-19(21)8-6-15-13(11-19)4-5-17-16(15)7-9-20(2)14(12-22-3)10-18(17)20/h13-18,21H,4-12H2,1-3H3/t13?,14-,15+,16-,17-,18+,19-,20-/m1/s1. The van der Waals surface area contributed by atoms with Gasteiger partial charge in [-0.25, -0.2) is 0 Å². The van der Waals surface area contributed by atoms with E-state index >= 15 is 0 Å². The van der Waals surface area contributed by atoms with Crippen LogP contribution in [0.4, 0.5) is 0 Å². The van der Waals surface area contributed by atoms with Gasteiger partial charge in [-0.15, -0.1) is 0 Å². The fourth-order valence-electron chi connectivity index (χ4n) is 7.26. The SMILES string of the molecule is COC[C@H]1C[C@H]2[C@@H]3CCC4C[C@](C)(O)CC[C@@H]4[C@H]3CC[C@]12C. The number of fused-ring (bicyclic) bond motifs is 5. The quantitative estimate of drug-likeness (QED) is 0.826. The minimum absolute atomic E-state index is 0.378. The van der Waals surface area contributed by atoms with Crippen molar-refractivity contribution in [2.45, 2.75) is 70.8 Å². The molecule has 0 saturated heterocycles. The Kier molecular flexibility index (Phi) is 3.66. The second-order valence-electron chi connectivity index (χ2n) is 9.61. The van der Waals surface area contributed by atoms with Crippen molar-refractivity contribution in [3.63, 3.8) is 0 Å². The molecule has 1 N–H and O–H groups in total. The van der Waals surface area contributed by atoms with Gasteiger partial charge < -0.3 is 9.84 Å². The van der Waals surface area contributed by atoms with Crippen LogP contribution >= 0.6 is 0 Å². The monoisotopic (exact) mass is 306 g/mol. The predicted molar refractivity (Wildman–Crippen MR) is 88.5 cm³/mol. The van der Waals surface area contributed by atoms with Crippen molar-refractivity contribution in [2.24, 2.45) is 40.9 Å². The van der Waals surface area contributed by atoms with Gasteiger partial charge in [-0.3, -0.25) is 0 Å². The van der Waals surface area contributed by atoms with Crippen LogP contribution in [0.2, 0.25) is 0 Å². The van der Waals surface area contributed by atoms with Gasteiger partial charge in [0.05, 0.1) is 5.60 Å². The lowest BCUT2D eigenvalue weighted by Gasteiger charge is -2.65. The van der Waals surface area contributed by atoms with Gasteiger partial charge in [0.2, 0.25) is 0 Å². The number of hydrogen-bond acceptors (Lipinski definition) is 2. The Morgan fingerprint density at radius 1 is 1.00 bits per heavy atom. The van der Waals surface area contributed by atoms with E-state index in [0.717, 1.165) is 55.0 Å². The normalized spacial score (nSPS) is 57.3. The zero-order chi connectivity index (χ0) is 15.5. The minimum Gasteiger partial charge on any atom is -0.390 e. The molecule has 0 aliphatic heterocycles. The Morgan fingerprint density at radius 2 is 1.77 bits per heavy atom. The molecule has 0 radical (unpaired) electrons. The zero-order valence-electron chi connectivity index (χ0n) is 14.7. The second-order valence-corrected chi connectivity index (χ2v) is 9.61. The zero-order valence-corrected chi connectivity index (χ0v) is 14.7. The Labute approximate surface area is 136 Å². The van der Waals surface area contributed by atoms with E-state index in [1.54, 1.807) is 0 Å². The van der Waals surface area contributed by atoms with Crippen LogP contribution in [0, 0.1) is 40.9 Å². The molecule has 22 heavy (non-hydrogen) atoms. The molecule has 126 valence electrons. The maximum Gasteiger partial charge on any atom is 0.0622 e. The first-order valence-electron chi connectivity index (χ1n) is 9.66. The Hall–Kier alpha value is -0.0800. The number of aliphatic hydroxyl groups is 1. The average molecular weight is 306 g/mol. The summed E-state index contributed by atoms with van der Waals surface area (Å²) >= 11 is 0. The van der Waals surface area contributed by atoms with Gasteiger partial charge in [0.15, 0.2) is 0 Å². The third-order valence-corrected chi connectivity index (χ3v) is 8.51. The van der Waals surface area contributed by atoms with Crippen molar-refractivity contribution in [1.82, 2.24) is 0 Å². The lowest BCUT2D eigenvalue weighted by atomic mass is 9.40. The molecule has 0 aromatic carbocycles. The first-order chi connectivity index (χ1) is 10.4. The van der Waals surface area contributed by atoms with E-state index in [0.29, 0.717) is 5.41 Å². The average Bonchev–Trinajstić information content (AvgIpc) is 2.47. The van der Waals surface area contributed by atoms with E-state index < -0.39 is 0 Å². The lowest BCUT2D eigenvalue weighted by Crippen LogP contribution is -2.59. The summed E-state index contributed by atoms with van der Waals surface area (Å²) in [5.41, 5.74) is 0.196. The fourth-order valence-corrected chi connectivity index (χ4v) is 7.26. The summed E-state index contributed by atoms with van der Waals surface area (Å²) in [5, 5.41) is 10.4. The number of ether oxygens (including phenoxy) is 1. The first-order valence-corrected chi connectivity index (χ1v) is 9.66. The molecule has 4 fully saturated rings. The molecule has 4 aliphatic rings. The van der Waals surface area contributed by atoms with Gasteiger partial charge in [0.1, 0.15) is 0 Å². The molecule has 0 aromatic heterocycles. The summed E-state index contributed by atoms with van der Waals surface area (Å²) in [6.07, 6.45) is 10.5. The van der Waals surface area contributed by atoms with E-state index in [1.807, 2.05) is 7.11 Å². The predicted octanol–water partition coefficient (Wildman–Crippen LogP) is 4.26. The van der Waals surface area contributed by atoms with Crippen LogP contribution < -0.4 is 0 Å². The largest absolute Gasteiger partial charge is 0.390 e. The molecule has 1 unspecified atom stereocenters. The molecule has 2 heteroatoms. The molecule has 0 amide bonds. The smallest absolute Gasteiger partial charge is 0.0622 e. The van der Waals surface area contributed by atoms with Gasteiger partial charge >= 0.3 is 0 Å². The van der Waals surface area contributed by atoms with Crippen molar-refractivity contribution < 1.29 is 9.84 Å². The van der Waals surface area contributed by atoms with E-state index in [2.05, 4.69) is 13.8 Å². The maximum absolute atomic E-state index is 10.4. The molecular weight excluding hydrogens is 272 g/mol. The molecule has 0 aromatic rings. The maximum atomic E-state index is 10.4. The molecule has 4 aliphatic carbocycles. The highest BCUT2D eigenvalue weighted by Gasteiger charge is 2.60. The van der Waals surface area contributed by atoms with Gasteiger partial charge in [-0.05, 0) is 99.2 Å². The first kappa shape index (κ1) is 15.4. The van der Waals surface area contributed by atoms with Gasteiger partial charge in [0.25, 0.3) is 0 Å². The molecule has 0 bridgehead atoms. The molecule has 0 spiro atoms. The Morgan fingerprint density at radius 3 is 2.55 bits per heavy atom. The van der Waals surface area contributed by atoms with E-state index in [9.17, 15) is 5.11 Å². The topological polar surface area (TPSA) is 29.5 Å². The van der Waals surface area contributed by atoms with Crippen LogP contribution in [0.15, 0.2) is 0 Å². The summed E-state index contributed by atoms with van der Waals surface area (Å²) in [4.78, 5) is 0. The van der Waals surface area contributed by atoms with Crippen molar-refractivity contribution in [3.05, 3.63) is 0 Å². The molecular formula is C20H34O2. The molecule has 0 heterocycles.